The minimum absolute atomic E-state index is 0.326. The summed E-state index contributed by atoms with van der Waals surface area (Å²) in [5.41, 5.74) is 1.69. The predicted molar refractivity (Wildman–Crippen MR) is 62.7 cm³/mol. The first-order valence-corrected chi connectivity index (χ1v) is 5.82. The highest BCUT2D eigenvalue weighted by Crippen LogP contribution is 2.38. The van der Waals surface area contributed by atoms with Gasteiger partial charge in [0.2, 0.25) is 0 Å². The first-order valence-electron chi connectivity index (χ1n) is 5.82. The fourth-order valence-corrected chi connectivity index (χ4v) is 2.03. The molecule has 1 aromatic rings. The number of pyridine rings is 1. The molecule has 0 atom stereocenters. The highest BCUT2D eigenvalue weighted by molar-refractivity contribution is 5.10. The molecule has 0 bridgehead atoms. The normalized spacial score (nSPS) is 16.7. The van der Waals surface area contributed by atoms with Gasteiger partial charge < -0.3 is 5.32 Å². The molecule has 0 aromatic carbocycles. The van der Waals surface area contributed by atoms with E-state index in [-0.39, 0.29) is 0 Å². The summed E-state index contributed by atoms with van der Waals surface area (Å²) in [7, 11) is 0. The highest BCUT2D eigenvalue weighted by atomic mass is 15.0. The lowest BCUT2D eigenvalue weighted by molar-refractivity contribution is 0.344. The standard InChI is InChI=1S/C13H20N2/c1-13(2,12-3-4-12)15-10-7-11-5-8-14-9-6-11/h5-6,8-9,12,15H,3-4,7,10H2,1-2H3. The lowest BCUT2D eigenvalue weighted by Crippen LogP contribution is -2.42. The molecule has 0 aliphatic heterocycles. The zero-order valence-corrected chi connectivity index (χ0v) is 9.66. The minimum Gasteiger partial charge on any atom is -0.311 e. The average Bonchev–Trinajstić information content (AvgIpc) is 3.02. The Balaban J connectivity index is 1.75. The van der Waals surface area contributed by atoms with Crippen LogP contribution in [-0.2, 0) is 6.42 Å². The van der Waals surface area contributed by atoms with Crippen molar-refractivity contribution in [2.24, 2.45) is 5.92 Å². The van der Waals surface area contributed by atoms with E-state index in [2.05, 4.69) is 36.3 Å². The van der Waals surface area contributed by atoms with Crippen LogP contribution in [0, 0.1) is 5.92 Å². The molecule has 15 heavy (non-hydrogen) atoms. The Hall–Kier alpha value is -0.890. The van der Waals surface area contributed by atoms with Gasteiger partial charge in [0.05, 0.1) is 0 Å². The van der Waals surface area contributed by atoms with Crippen molar-refractivity contribution in [3.05, 3.63) is 30.1 Å². The number of aromatic nitrogens is 1. The van der Waals surface area contributed by atoms with Gasteiger partial charge in [-0.3, -0.25) is 4.98 Å². The monoisotopic (exact) mass is 204 g/mol. The molecule has 1 fully saturated rings. The van der Waals surface area contributed by atoms with Crippen LogP contribution < -0.4 is 5.32 Å². The second kappa shape index (κ2) is 4.31. The van der Waals surface area contributed by atoms with Gasteiger partial charge >= 0.3 is 0 Å². The Morgan fingerprint density at radius 2 is 2.00 bits per heavy atom. The number of rotatable bonds is 5. The topological polar surface area (TPSA) is 24.9 Å². The summed E-state index contributed by atoms with van der Waals surface area (Å²) in [6.45, 7) is 5.70. The van der Waals surface area contributed by atoms with Crippen LogP contribution in [-0.4, -0.2) is 17.1 Å². The molecule has 0 unspecified atom stereocenters. The van der Waals surface area contributed by atoms with Crippen LogP contribution >= 0.6 is 0 Å². The molecule has 82 valence electrons. The molecule has 0 saturated heterocycles. The quantitative estimate of drug-likeness (QED) is 0.796. The van der Waals surface area contributed by atoms with E-state index in [0.29, 0.717) is 5.54 Å². The molecular formula is C13H20N2. The zero-order chi connectivity index (χ0) is 10.7. The molecule has 0 spiro atoms. The van der Waals surface area contributed by atoms with E-state index in [9.17, 15) is 0 Å². The van der Waals surface area contributed by atoms with Gasteiger partial charge in [-0.1, -0.05) is 0 Å². The van der Waals surface area contributed by atoms with Gasteiger partial charge in [-0.2, -0.15) is 0 Å². The van der Waals surface area contributed by atoms with Crippen LogP contribution in [0.25, 0.3) is 0 Å². The summed E-state index contributed by atoms with van der Waals surface area (Å²) in [4.78, 5) is 4.02. The smallest absolute Gasteiger partial charge is 0.0270 e. The Bertz CT molecular complexity index is 302. The van der Waals surface area contributed by atoms with E-state index in [1.807, 2.05) is 12.4 Å². The summed E-state index contributed by atoms with van der Waals surface area (Å²) in [6, 6.07) is 4.18. The van der Waals surface area contributed by atoms with Gasteiger partial charge in [-0.25, -0.2) is 0 Å². The zero-order valence-electron chi connectivity index (χ0n) is 9.66. The van der Waals surface area contributed by atoms with Crippen LogP contribution in [0.2, 0.25) is 0 Å². The number of nitrogens with zero attached hydrogens (tertiary/aromatic N) is 1. The van der Waals surface area contributed by atoms with Crippen LogP contribution in [0.3, 0.4) is 0 Å². The number of hydrogen-bond acceptors (Lipinski definition) is 2. The minimum atomic E-state index is 0.326. The maximum atomic E-state index is 4.02. The van der Waals surface area contributed by atoms with E-state index >= 15 is 0 Å². The van der Waals surface area contributed by atoms with Crippen molar-refractivity contribution in [2.75, 3.05) is 6.54 Å². The molecule has 2 heteroatoms. The fraction of sp³-hybridized carbons (Fsp3) is 0.615. The van der Waals surface area contributed by atoms with Crippen molar-refractivity contribution in [1.29, 1.82) is 0 Å². The van der Waals surface area contributed by atoms with Gasteiger partial charge in [0.1, 0.15) is 0 Å². The summed E-state index contributed by atoms with van der Waals surface area (Å²) in [5.74, 6) is 0.898. The maximum absolute atomic E-state index is 4.02. The first kappa shape index (κ1) is 10.6. The van der Waals surface area contributed by atoms with Crippen molar-refractivity contribution >= 4 is 0 Å². The third kappa shape index (κ3) is 3.03. The largest absolute Gasteiger partial charge is 0.311 e. The third-order valence-electron chi connectivity index (χ3n) is 3.34. The van der Waals surface area contributed by atoms with E-state index in [1.165, 1.54) is 18.4 Å². The summed E-state index contributed by atoms with van der Waals surface area (Å²) >= 11 is 0. The molecular weight excluding hydrogens is 184 g/mol. The van der Waals surface area contributed by atoms with Crippen LogP contribution in [0.1, 0.15) is 32.3 Å². The van der Waals surface area contributed by atoms with Crippen molar-refractivity contribution in [3.63, 3.8) is 0 Å². The molecule has 1 aromatic heterocycles. The maximum Gasteiger partial charge on any atom is 0.0270 e. The van der Waals surface area contributed by atoms with Crippen LogP contribution in [0.5, 0.6) is 0 Å². The molecule has 1 aliphatic rings. The SMILES string of the molecule is CC(C)(NCCc1ccncc1)C1CC1. The van der Waals surface area contributed by atoms with E-state index < -0.39 is 0 Å². The van der Waals surface area contributed by atoms with Crippen molar-refractivity contribution in [1.82, 2.24) is 10.3 Å². The molecule has 2 nitrogen and oxygen atoms in total. The molecule has 1 saturated carbocycles. The average molecular weight is 204 g/mol. The van der Waals surface area contributed by atoms with E-state index in [4.69, 9.17) is 0 Å². The molecule has 0 radical (unpaired) electrons. The van der Waals surface area contributed by atoms with Gasteiger partial charge in [0.25, 0.3) is 0 Å². The molecule has 1 aliphatic carbocycles. The van der Waals surface area contributed by atoms with Crippen LogP contribution in [0.4, 0.5) is 0 Å². The molecule has 0 amide bonds. The molecule has 1 heterocycles. The van der Waals surface area contributed by atoms with E-state index in [1.54, 1.807) is 0 Å². The van der Waals surface area contributed by atoms with Crippen molar-refractivity contribution < 1.29 is 0 Å². The number of nitrogens with one attached hydrogen (secondary N) is 1. The summed E-state index contributed by atoms with van der Waals surface area (Å²) < 4.78 is 0. The first-order chi connectivity index (χ1) is 7.18. The van der Waals surface area contributed by atoms with Gasteiger partial charge in [-0.05, 0) is 63.3 Å². The molecule has 1 N–H and O–H groups in total. The predicted octanol–water partition coefficient (Wildman–Crippen LogP) is 2.40. The second-order valence-corrected chi connectivity index (χ2v) is 5.03. The Morgan fingerprint density at radius 3 is 2.60 bits per heavy atom. The fourth-order valence-electron chi connectivity index (χ4n) is 2.03. The summed E-state index contributed by atoms with van der Waals surface area (Å²) in [5, 5.41) is 3.65. The second-order valence-electron chi connectivity index (χ2n) is 5.03. The van der Waals surface area contributed by atoms with Crippen LogP contribution in [0.15, 0.2) is 24.5 Å². The van der Waals surface area contributed by atoms with E-state index in [0.717, 1.165) is 18.9 Å². The van der Waals surface area contributed by atoms with Gasteiger partial charge in [0.15, 0.2) is 0 Å². The van der Waals surface area contributed by atoms with Gasteiger partial charge in [0, 0.05) is 17.9 Å². The van der Waals surface area contributed by atoms with Crippen molar-refractivity contribution in [3.8, 4) is 0 Å². The van der Waals surface area contributed by atoms with Gasteiger partial charge in [-0.15, -0.1) is 0 Å². The Labute approximate surface area is 92.1 Å². The summed E-state index contributed by atoms with van der Waals surface area (Å²) in [6.07, 6.45) is 7.62. The Kier molecular flexibility index (Phi) is 3.06. The van der Waals surface area contributed by atoms with Crippen molar-refractivity contribution in [2.45, 2.75) is 38.6 Å². The molecule has 2 rings (SSSR count). The Morgan fingerprint density at radius 1 is 1.33 bits per heavy atom. The highest BCUT2D eigenvalue weighted by Gasteiger charge is 2.36. The third-order valence-corrected chi connectivity index (χ3v) is 3.34. The lowest BCUT2D eigenvalue weighted by Gasteiger charge is -2.26. The lowest BCUT2D eigenvalue weighted by atomic mass is 9.98. The number of hydrogen-bond donors (Lipinski definition) is 1.